The molecule has 1 saturated carbocycles. The molecule has 0 bridgehead atoms. The van der Waals surface area contributed by atoms with E-state index in [4.69, 9.17) is 5.73 Å². The maximum Gasteiger partial charge on any atom is 0.326 e. The van der Waals surface area contributed by atoms with Crippen LogP contribution in [0.25, 0.3) is 0 Å². The van der Waals surface area contributed by atoms with E-state index >= 15 is 0 Å². The minimum atomic E-state index is -0.890. The van der Waals surface area contributed by atoms with Crippen molar-refractivity contribution in [3.63, 3.8) is 0 Å². The molecular weight excluding hydrogens is 256 g/mol. The third-order valence-corrected chi connectivity index (χ3v) is 4.92. The van der Waals surface area contributed by atoms with Crippen molar-refractivity contribution in [2.75, 3.05) is 0 Å². The van der Waals surface area contributed by atoms with Gasteiger partial charge in [-0.25, -0.2) is 4.79 Å². The van der Waals surface area contributed by atoms with Crippen LogP contribution in [0.5, 0.6) is 0 Å². The number of hydrogen-bond donors (Lipinski definition) is 2. The molecule has 0 spiro atoms. The van der Waals surface area contributed by atoms with Gasteiger partial charge in [-0.05, 0) is 37.5 Å². The van der Waals surface area contributed by atoms with Gasteiger partial charge >= 0.3 is 5.97 Å². The van der Waals surface area contributed by atoms with Gasteiger partial charge in [0.1, 0.15) is 6.04 Å². The maximum atomic E-state index is 12.6. The van der Waals surface area contributed by atoms with E-state index in [0.717, 1.165) is 25.7 Å². The first-order valence-electron chi connectivity index (χ1n) is 7.74. The van der Waals surface area contributed by atoms with Crippen LogP contribution in [0.4, 0.5) is 0 Å². The Hall–Kier alpha value is -1.10. The molecule has 20 heavy (non-hydrogen) atoms. The molecule has 0 aromatic carbocycles. The number of hydrogen-bond acceptors (Lipinski definition) is 3. The molecule has 0 radical (unpaired) electrons. The first kappa shape index (κ1) is 15.3. The van der Waals surface area contributed by atoms with E-state index in [9.17, 15) is 14.7 Å². The van der Waals surface area contributed by atoms with Gasteiger partial charge in [0.15, 0.2) is 0 Å². The highest BCUT2D eigenvalue weighted by Crippen LogP contribution is 2.38. The second-order valence-corrected chi connectivity index (χ2v) is 6.56. The number of rotatable bonds is 3. The molecule has 0 aromatic rings. The van der Waals surface area contributed by atoms with E-state index in [1.54, 1.807) is 4.90 Å². The van der Waals surface area contributed by atoms with Crippen LogP contribution in [0.1, 0.15) is 52.4 Å². The van der Waals surface area contributed by atoms with Crippen LogP contribution in [0.3, 0.4) is 0 Å². The molecule has 2 aliphatic rings. The molecular formula is C15H26N2O3. The van der Waals surface area contributed by atoms with Crippen molar-refractivity contribution in [1.82, 2.24) is 4.90 Å². The topological polar surface area (TPSA) is 83.6 Å². The normalized spacial score (nSPS) is 31.8. The SMILES string of the molecule is CC(C)[C@H](N)C(=O)N1C(C(=O)O)CCC2CCCCC21. The summed E-state index contributed by atoms with van der Waals surface area (Å²) in [6, 6.07) is -1.21. The molecule has 114 valence electrons. The lowest BCUT2D eigenvalue weighted by Gasteiger charge is -2.48. The summed E-state index contributed by atoms with van der Waals surface area (Å²) in [6.07, 6.45) is 5.78. The summed E-state index contributed by atoms with van der Waals surface area (Å²) in [6.45, 7) is 3.81. The average Bonchev–Trinajstić information content (AvgIpc) is 2.44. The lowest BCUT2D eigenvalue weighted by molar-refractivity contribution is -0.159. The van der Waals surface area contributed by atoms with Crippen molar-refractivity contribution in [2.45, 2.75) is 70.5 Å². The van der Waals surface area contributed by atoms with E-state index in [1.165, 1.54) is 6.42 Å². The number of carbonyl (C=O) groups is 2. The van der Waals surface area contributed by atoms with Crippen molar-refractivity contribution < 1.29 is 14.7 Å². The smallest absolute Gasteiger partial charge is 0.326 e. The number of nitrogens with zero attached hydrogens (tertiary/aromatic N) is 1. The van der Waals surface area contributed by atoms with Gasteiger partial charge in [-0.15, -0.1) is 0 Å². The first-order valence-corrected chi connectivity index (χ1v) is 7.74. The molecule has 5 nitrogen and oxygen atoms in total. The Balaban J connectivity index is 2.25. The molecule has 2 fully saturated rings. The zero-order chi connectivity index (χ0) is 14.9. The highest BCUT2D eigenvalue weighted by Gasteiger charge is 2.45. The fourth-order valence-corrected chi connectivity index (χ4v) is 3.65. The van der Waals surface area contributed by atoms with Crippen molar-refractivity contribution in [3.8, 4) is 0 Å². The Kier molecular flexibility index (Phi) is 4.68. The van der Waals surface area contributed by atoms with Gasteiger partial charge < -0.3 is 15.7 Å². The Morgan fingerprint density at radius 1 is 1.15 bits per heavy atom. The Morgan fingerprint density at radius 3 is 2.40 bits per heavy atom. The van der Waals surface area contributed by atoms with Crippen molar-refractivity contribution in [1.29, 1.82) is 0 Å². The summed E-state index contributed by atoms with van der Waals surface area (Å²) in [5.41, 5.74) is 5.99. The monoisotopic (exact) mass is 282 g/mol. The molecule has 3 unspecified atom stereocenters. The van der Waals surface area contributed by atoms with Crippen LogP contribution in [0.15, 0.2) is 0 Å². The molecule has 5 heteroatoms. The number of carboxylic acid groups (broad SMARTS) is 1. The Labute approximate surface area is 120 Å². The van der Waals surface area contributed by atoms with Gasteiger partial charge in [-0.1, -0.05) is 26.7 Å². The van der Waals surface area contributed by atoms with Gasteiger partial charge in [0.25, 0.3) is 0 Å². The van der Waals surface area contributed by atoms with Gasteiger partial charge in [0, 0.05) is 6.04 Å². The Bertz CT molecular complexity index is 383. The lowest BCUT2D eigenvalue weighted by atomic mass is 9.76. The molecule has 1 heterocycles. The molecule has 1 aliphatic heterocycles. The second-order valence-electron chi connectivity index (χ2n) is 6.56. The second kappa shape index (κ2) is 6.12. The zero-order valence-electron chi connectivity index (χ0n) is 12.4. The van der Waals surface area contributed by atoms with Crippen molar-refractivity contribution >= 4 is 11.9 Å². The zero-order valence-corrected chi connectivity index (χ0v) is 12.4. The van der Waals surface area contributed by atoms with Gasteiger partial charge in [-0.3, -0.25) is 4.79 Å². The average molecular weight is 282 g/mol. The number of carbonyl (C=O) groups excluding carboxylic acids is 1. The van der Waals surface area contributed by atoms with E-state index in [1.807, 2.05) is 13.8 Å². The molecule has 2 rings (SSSR count). The van der Waals surface area contributed by atoms with E-state index in [2.05, 4.69) is 0 Å². The van der Waals surface area contributed by atoms with E-state index in [-0.39, 0.29) is 17.9 Å². The fraction of sp³-hybridized carbons (Fsp3) is 0.867. The largest absolute Gasteiger partial charge is 0.480 e. The van der Waals surface area contributed by atoms with Crippen LogP contribution >= 0.6 is 0 Å². The summed E-state index contributed by atoms with van der Waals surface area (Å²) in [4.78, 5) is 25.8. The van der Waals surface area contributed by atoms with Gasteiger partial charge in [-0.2, -0.15) is 0 Å². The predicted octanol–water partition coefficient (Wildman–Crippen LogP) is 1.60. The number of aliphatic carboxylic acids is 1. The molecule has 3 N–H and O–H groups in total. The number of piperidine rings is 1. The van der Waals surface area contributed by atoms with E-state index in [0.29, 0.717) is 12.3 Å². The molecule has 1 amide bonds. The predicted molar refractivity (Wildman–Crippen MR) is 76.1 cm³/mol. The van der Waals surface area contributed by atoms with Crippen LogP contribution in [0.2, 0.25) is 0 Å². The van der Waals surface area contributed by atoms with Gasteiger partial charge in [0.2, 0.25) is 5.91 Å². The molecule has 1 aliphatic carbocycles. The highest BCUT2D eigenvalue weighted by atomic mass is 16.4. The summed E-state index contributed by atoms with van der Waals surface area (Å²) < 4.78 is 0. The van der Waals surface area contributed by atoms with Crippen LogP contribution in [-0.2, 0) is 9.59 Å². The van der Waals surface area contributed by atoms with Crippen molar-refractivity contribution in [3.05, 3.63) is 0 Å². The number of carboxylic acids is 1. The van der Waals surface area contributed by atoms with Crippen LogP contribution in [-0.4, -0.2) is 40.0 Å². The summed E-state index contributed by atoms with van der Waals surface area (Å²) >= 11 is 0. The molecule has 0 aromatic heterocycles. The quantitative estimate of drug-likeness (QED) is 0.823. The summed E-state index contributed by atoms with van der Waals surface area (Å²) in [5, 5.41) is 9.43. The highest BCUT2D eigenvalue weighted by molar-refractivity contribution is 5.87. The Morgan fingerprint density at radius 2 is 1.80 bits per heavy atom. The number of likely N-dealkylation sites (tertiary alicyclic amines) is 1. The first-order chi connectivity index (χ1) is 9.43. The lowest BCUT2D eigenvalue weighted by Crippen LogP contribution is -2.61. The van der Waals surface area contributed by atoms with Crippen LogP contribution in [0, 0.1) is 11.8 Å². The van der Waals surface area contributed by atoms with Crippen molar-refractivity contribution in [2.24, 2.45) is 17.6 Å². The molecule has 4 atom stereocenters. The fourth-order valence-electron chi connectivity index (χ4n) is 3.65. The minimum Gasteiger partial charge on any atom is -0.480 e. The van der Waals surface area contributed by atoms with Crippen LogP contribution < -0.4 is 5.73 Å². The standard InChI is InChI=1S/C15H26N2O3/c1-9(2)13(16)14(18)17-11-6-4-3-5-10(11)7-8-12(17)15(19)20/h9-13H,3-8,16H2,1-2H3,(H,19,20)/t10?,11?,12?,13-/m0/s1. The number of amides is 1. The van der Waals surface area contributed by atoms with E-state index < -0.39 is 18.1 Å². The molecule has 1 saturated heterocycles. The third kappa shape index (κ3) is 2.82. The summed E-state index contributed by atoms with van der Waals surface area (Å²) in [7, 11) is 0. The maximum absolute atomic E-state index is 12.6. The number of nitrogens with two attached hydrogens (primary N) is 1. The number of fused-ring (bicyclic) bond motifs is 1. The minimum absolute atomic E-state index is 0.0286. The summed E-state index contributed by atoms with van der Waals surface area (Å²) in [5.74, 6) is -0.578. The van der Waals surface area contributed by atoms with Gasteiger partial charge in [0.05, 0.1) is 6.04 Å². The third-order valence-electron chi connectivity index (χ3n) is 4.92.